The minimum absolute atomic E-state index is 0.0210. The summed E-state index contributed by atoms with van der Waals surface area (Å²) in [5.41, 5.74) is 2.67. The topological polar surface area (TPSA) is 86.8 Å². The molecule has 0 unspecified atom stereocenters. The van der Waals surface area contributed by atoms with Crippen molar-refractivity contribution in [3.63, 3.8) is 0 Å². The minimum Gasteiger partial charge on any atom is -0.350 e. The molecular weight excluding hydrogens is 541 g/mol. The monoisotopic (exact) mass is 581 g/mol. The molecule has 0 aliphatic heterocycles. The van der Waals surface area contributed by atoms with Crippen molar-refractivity contribution in [2.45, 2.75) is 65.1 Å². The number of carbonyl (C=O) groups is 2. The average molecular weight is 582 g/mol. The largest absolute Gasteiger partial charge is 0.350 e. The van der Waals surface area contributed by atoms with E-state index in [1.165, 1.54) is 28.6 Å². The molecule has 0 saturated carbocycles. The fourth-order valence-corrected chi connectivity index (χ4v) is 5.59. The van der Waals surface area contributed by atoms with E-state index in [0.717, 1.165) is 22.9 Å². The zero-order valence-electron chi connectivity index (χ0n) is 24.4. The van der Waals surface area contributed by atoms with Gasteiger partial charge in [0.2, 0.25) is 21.8 Å². The van der Waals surface area contributed by atoms with E-state index in [1.54, 1.807) is 4.90 Å². The van der Waals surface area contributed by atoms with Crippen LogP contribution in [-0.4, -0.2) is 49.5 Å². The fraction of sp³-hybridized carbons (Fsp3) is 0.375. The number of benzene rings is 3. The summed E-state index contributed by atoms with van der Waals surface area (Å²) < 4.78 is 39.6. The van der Waals surface area contributed by atoms with E-state index in [-0.39, 0.29) is 37.7 Å². The standard InChI is InChI=1S/C32H40FN3O4S/c1-24-11-9-14-26(21-24)23-35(29(31(38)34-32(2,3)4)22-25-12-7-6-8-13-25)30(37)15-10-20-36(41(5,39)40)28-18-16-27(33)17-19-28/h6-9,11-14,16-19,21,29H,10,15,20,22-23H2,1-5H3,(H,34,38)/t29-/m1/s1. The number of nitrogens with one attached hydrogen (secondary N) is 1. The van der Waals surface area contributed by atoms with Crippen LogP contribution in [0.1, 0.15) is 50.3 Å². The quantitative estimate of drug-likeness (QED) is 0.317. The van der Waals surface area contributed by atoms with Crippen LogP contribution in [0.5, 0.6) is 0 Å². The Morgan fingerprint density at radius 1 is 0.927 bits per heavy atom. The molecule has 3 aromatic rings. The van der Waals surface area contributed by atoms with Gasteiger partial charge in [0.25, 0.3) is 0 Å². The molecule has 0 radical (unpaired) electrons. The Bertz CT molecular complexity index is 1420. The SMILES string of the molecule is Cc1cccc(CN(C(=O)CCCN(c2ccc(F)cc2)S(C)(=O)=O)[C@H](Cc2ccccc2)C(=O)NC(C)(C)C)c1. The summed E-state index contributed by atoms with van der Waals surface area (Å²) in [6, 6.07) is 21.8. The first-order valence-corrected chi connectivity index (χ1v) is 15.5. The van der Waals surface area contributed by atoms with Gasteiger partial charge in [0.15, 0.2) is 0 Å². The number of anilines is 1. The first-order valence-electron chi connectivity index (χ1n) is 13.7. The number of hydrogen-bond acceptors (Lipinski definition) is 4. The van der Waals surface area contributed by atoms with E-state index in [1.807, 2.05) is 82.3 Å². The van der Waals surface area contributed by atoms with Crippen molar-refractivity contribution in [2.24, 2.45) is 0 Å². The summed E-state index contributed by atoms with van der Waals surface area (Å²) in [6.07, 6.45) is 1.64. The van der Waals surface area contributed by atoms with E-state index >= 15 is 0 Å². The molecule has 41 heavy (non-hydrogen) atoms. The Kier molecular flexibility index (Phi) is 10.7. The third-order valence-electron chi connectivity index (χ3n) is 6.47. The first kappa shape index (κ1) is 31.8. The van der Waals surface area contributed by atoms with Crippen LogP contribution in [0.3, 0.4) is 0 Å². The van der Waals surface area contributed by atoms with Crippen molar-refractivity contribution in [1.82, 2.24) is 10.2 Å². The lowest BCUT2D eigenvalue weighted by molar-refractivity contribution is -0.142. The fourth-order valence-electron chi connectivity index (χ4n) is 4.63. The van der Waals surface area contributed by atoms with Crippen molar-refractivity contribution in [2.75, 3.05) is 17.1 Å². The second kappa shape index (κ2) is 13.8. The number of sulfonamides is 1. The Balaban J connectivity index is 1.90. The second-order valence-electron chi connectivity index (χ2n) is 11.4. The number of nitrogens with zero attached hydrogens (tertiary/aromatic N) is 2. The van der Waals surface area contributed by atoms with Gasteiger partial charge >= 0.3 is 0 Å². The third-order valence-corrected chi connectivity index (χ3v) is 7.67. The predicted octanol–water partition coefficient (Wildman–Crippen LogP) is 5.24. The zero-order valence-corrected chi connectivity index (χ0v) is 25.2. The third kappa shape index (κ3) is 10.0. The highest BCUT2D eigenvalue weighted by atomic mass is 32.2. The number of halogens is 1. The summed E-state index contributed by atoms with van der Waals surface area (Å²) in [4.78, 5) is 29.1. The van der Waals surface area contributed by atoms with Gasteiger partial charge in [0, 0.05) is 31.5 Å². The van der Waals surface area contributed by atoms with Crippen molar-refractivity contribution < 1.29 is 22.4 Å². The summed E-state index contributed by atoms with van der Waals surface area (Å²) in [5.74, 6) is -0.988. The molecule has 0 heterocycles. The van der Waals surface area contributed by atoms with Crippen LogP contribution < -0.4 is 9.62 Å². The lowest BCUT2D eigenvalue weighted by Gasteiger charge is -2.34. The lowest BCUT2D eigenvalue weighted by atomic mass is 10.00. The Morgan fingerprint density at radius 2 is 1.56 bits per heavy atom. The van der Waals surface area contributed by atoms with Gasteiger partial charge in [0.05, 0.1) is 11.9 Å². The van der Waals surface area contributed by atoms with Gasteiger partial charge in [-0.3, -0.25) is 13.9 Å². The molecule has 0 aliphatic carbocycles. The Morgan fingerprint density at radius 3 is 2.15 bits per heavy atom. The normalized spacial score (nSPS) is 12.4. The molecule has 3 rings (SSSR count). The molecular formula is C32H40FN3O4S. The van der Waals surface area contributed by atoms with Crippen LogP contribution in [-0.2, 0) is 32.6 Å². The summed E-state index contributed by atoms with van der Waals surface area (Å²) in [7, 11) is -3.67. The maximum atomic E-state index is 13.9. The van der Waals surface area contributed by atoms with Gasteiger partial charge in [-0.1, -0.05) is 60.2 Å². The number of hydrogen-bond donors (Lipinski definition) is 1. The first-order chi connectivity index (χ1) is 19.2. The van der Waals surface area contributed by atoms with Crippen molar-refractivity contribution in [1.29, 1.82) is 0 Å². The summed E-state index contributed by atoms with van der Waals surface area (Å²) in [5, 5.41) is 3.04. The molecule has 9 heteroatoms. The van der Waals surface area contributed by atoms with Gasteiger partial charge in [0.1, 0.15) is 11.9 Å². The van der Waals surface area contributed by atoms with Crippen LogP contribution in [0.25, 0.3) is 0 Å². The number of rotatable bonds is 12. The highest BCUT2D eigenvalue weighted by Crippen LogP contribution is 2.21. The molecule has 0 aliphatic rings. The highest BCUT2D eigenvalue weighted by Gasteiger charge is 2.32. The maximum Gasteiger partial charge on any atom is 0.243 e. The number of amides is 2. The average Bonchev–Trinajstić information content (AvgIpc) is 2.88. The van der Waals surface area contributed by atoms with Crippen LogP contribution in [0, 0.1) is 12.7 Å². The lowest BCUT2D eigenvalue weighted by Crippen LogP contribution is -2.54. The Labute approximate surface area is 243 Å². The molecule has 0 spiro atoms. The van der Waals surface area contributed by atoms with Crippen LogP contribution in [0.2, 0.25) is 0 Å². The molecule has 0 bridgehead atoms. The second-order valence-corrected chi connectivity index (χ2v) is 13.3. The molecule has 3 aromatic carbocycles. The molecule has 1 atom stereocenters. The smallest absolute Gasteiger partial charge is 0.243 e. The van der Waals surface area contributed by atoms with Gasteiger partial charge in [-0.05, 0) is 69.5 Å². The number of aryl methyl sites for hydroxylation is 1. The molecule has 2 amide bonds. The van der Waals surface area contributed by atoms with Crippen LogP contribution in [0.4, 0.5) is 10.1 Å². The number of carbonyl (C=O) groups excluding carboxylic acids is 2. The van der Waals surface area contributed by atoms with E-state index in [4.69, 9.17) is 0 Å². The van der Waals surface area contributed by atoms with Crippen molar-refractivity contribution in [3.05, 3.63) is 101 Å². The maximum absolute atomic E-state index is 13.9. The molecule has 7 nitrogen and oxygen atoms in total. The molecule has 0 fully saturated rings. The van der Waals surface area contributed by atoms with E-state index in [0.29, 0.717) is 12.1 Å². The molecule has 1 N–H and O–H groups in total. The van der Waals surface area contributed by atoms with E-state index in [9.17, 15) is 22.4 Å². The van der Waals surface area contributed by atoms with Crippen molar-refractivity contribution >= 4 is 27.5 Å². The molecule has 220 valence electrons. The van der Waals surface area contributed by atoms with Crippen LogP contribution >= 0.6 is 0 Å². The van der Waals surface area contributed by atoms with Crippen LogP contribution in [0.15, 0.2) is 78.9 Å². The molecule has 0 saturated heterocycles. The Hall–Kier alpha value is -3.72. The van der Waals surface area contributed by atoms with E-state index < -0.39 is 27.4 Å². The van der Waals surface area contributed by atoms with Gasteiger partial charge < -0.3 is 10.2 Å². The van der Waals surface area contributed by atoms with E-state index in [2.05, 4.69) is 5.32 Å². The predicted molar refractivity (Wildman–Crippen MR) is 161 cm³/mol. The van der Waals surface area contributed by atoms with Gasteiger partial charge in [-0.25, -0.2) is 12.8 Å². The zero-order chi connectivity index (χ0) is 30.2. The van der Waals surface area contributed by atoms with Gasteiger partial charge in [-0.2, -0.15) is 0 Å². The highest BCUT2D eigenvalue weighted by molar-refractivity contribution is 7.92. The molecule has 0 aromatic heterocycles. The summed E-state index contributed by atoms with van der Waals surface area (Å²) in [6.45, 7) is 7.92. The summed E-state index contributed by atoms with van der Waals surface area (Å²) >= 11 is 0. The van der Waals surface area contributed by atoms with Crippen molar-refractivity contribution in [3.8, 4) is 0 Å². The van der Waals surface area contributed by atoms with Gasteiger partial charge in [-0.15, -0.1) is 0 Å². The minimum atomic E-state index is -3.67.